The van der Waals surface area contributed by atoms with Crippen LogP contribution in [-0.4, -0.2) is 19.3 Å². The molecule has 0 saturated heterocycles. The van der Waals surface area contributed by atoms with Gasteiger partial charge >= 0.3 is 13.3 Å². The van der Waals surface area contributed by atoms with E-state index in [4.69, 9.17) is 21.4 Å². The molecule has 2 aromatic rings. The van der Waals surface area contributed by atoms with Gasteiger partial charge in [0.1, 0.15) is 5.02 Å². The first kappa shape index (κ1) is 15.7. The zero-order valence-corrected chi connectivity index (χ0v) is 12.3. The molecule has 0 radical (unpaired) electrons. The highest BCUT2D eigenvalue weighted by Gasteiger charge is 2.16. The Morgan fingerprint density at radius 1 is 1.19 bits per heavy atom. The van der Waals surface area contributed by atoms with Crippen LogP contribution in [0.15, 0.2) is 40.1 Å². The molecule has 0 aliphatic rings. The van der Waals surface area contributed by atoms with E-state index in [9.17, 15) is 14.2 Å². The fraction of sp³-hybridized carbons (Fsp3) is 0.167. The van der Waals surface area contributed by atoms with Crippen molar-refractivity contribution in [1.82, 2.24) is 9.55 Å². The number of rotatable bonds is 4. The summed E-state index contributed by atoms with van der Waals surface area (Å²) in [4.78, 5) is 43.1. The molecule has 0 unspecified atom stereocenters. The molecule has 0 aliphatic carbocycles. The molecule has 3 N–H and O–H groups in total. The van der Waals surface area contributed by atoms with Crippen LogP contribution >= 0.6 is 19.2 Å². The molecule has 0 atom stereocenters. The van der Waals surface area contributed by atoms with E-state index in [1.54, 1.807) is 24.3 Å². The van der Waals surface area contributed by atoms with E-state index >= 15 is 0 Å². The van der Waals surface area contributed by atoms with Crippen LogP contribution in [0.4, 0.5) is 0 Å². The first-order valence-electron chi connectivity index (χ1n) is 5.87. The van der Waals surface area contributed by atoms with Crippen molar-refractivity contribution >= 4 is 19.2 Å². The zero-order valence-electron chi connectivity index (χ0n) is 10.7. The predicted octanol–water partition coefficient (Wildman–Crippen LogP) is 0.916. The molecule has 0 spiro atoms. The van der Waals surface area contributed by atoms with Crippen LogP contribution in [0.3, 0.4) is 0 Å². The van der Waals surface area contributed by atoms with Gasteiger partial charge in [-0.2, -0.15) is 0 Å². The maximum absolute atomic E-state index is 11.7. The fourth-order valence-corrected chi connectivity index (χ4v) is 2.79. The molecule has 112 valence electrons. The van der Waals surface area contributed by atoms with Gasteiger partial charge in [0.2, 0.25) is 0 Å². The van der Waals surface area contributed by atoms with Crippen molar-refractivity contribution in [3.63, 3.8) is 0 Å². The summed E-state index contributed by atoms with van der Waals surface area (Å²) in [5, 5.41) is -0.137. The lowest BCUT2D eigenvalue weighted by atomic mass is 10.1. The van der Waals surface area contributed by atoms with Gasteiger partial charge in [0, 0.05) is 6.20 Å². The summed E-state index contributed by atoms with van der Waals surface area (Å²) in [7, 11) is -4.22. The quantitative estimate of drug-likeness (QED) is 0.721. The lowest BCUT2D eigenvalue weighted by Crippen LogP contribution is -2.30. The molecule has 0 aliphatic heterocycles. The number of benzene rings is 1. The van der Waals surface area contributed by atoms with Crippen LogP contribution in [0.2, 0.25) is 5.02 Å². The minimum atomic E-state index is -4.22. The van der Waals surface area contributed by atoms with E-state index in [0.717, 1.165) is 0 Å². The predicted molar refractivity (Wildman–Crippen MR) is 77.6 cm³/mol. The summed E-state index contributed by atoms with van der Waals surface area (Å²) in [5.74, 6) is 0. The molecule has 21 heavy (non-hydrogen) atoms. The third-order valence-electron chi connectivity index (χ3n) is 2.80. The molecule has 0 amide bonds. The summed E-state index contributed by atoms with van der Waals surface area (Å²) in [5.41, 5.74) is -0.331. The van der Waals surface area contributed by atoms with Gasteiger partial charge < -0.3 is 9.79 Å². The van der Waals surface area contributed by atoms with Gasteiger partial charge in [0.25, 0.3) is 5.56 Å². The van der Waals surface area contributed by atoms with Gasteiger partial charge in [-0.3, -0.25) is 18.9 Å². The van der Waals surface area contributed by atoms with Crippen molar-refractivity contribution in [1.29, 1.82) is 0 Å². The number of nitrogens with zero attached hydrogens (tertiary/aromatic N) is 1. The average Bonchev–Trinajstić information content (AvgIpc) is 2.36. The van der Waals surface area contributed by atoms with Crippen LogP contribution in [0.1, 0.15) is 11.1 Å². The molecule has 0 saturated carbocycles. The Balaban J connectivity index is 2.41. The number of H-pyrrole nitrogens is 1. The summed E-state index contributed by atoms with van der Waals surface area (Å²) >= 11 is 5.67. The second-order valence-corrected chi connectivity index (χ2v) is 6.51. The Morgan fingerprint density at radius 3 is 2.43 bits per heavy atom. The Hall–Kier alpha value is -1.66. The highest BCUT2D eigenvalue weighted by Crippen LogP contribution is 2.39. The summed E-state index contributed by atoms with van der Waals surface area (Å²) < 4.78 is 12.3. The Labute approximate surface area is 124 Å². The minimum absolute atomic E-state index is 0.0471. The maximum atomic E-state index is 11.7. The summed E-state index contributed by atoms with van der Waals surface area (Å²) in [6, 6.07) is 6.57. The standard InChI is InChI=1S/C12H12ClN2O5P/c13-10-6-15(12(17)14-11(10)16)5-8-3-1-2-4-9(8)7-21(18,19)20/h1-4,6H,5,7H2,(H,14,16,17)(H2,18,19,20). The fourth-order valence-electron chi connectivity index (χ4n) is 1.87. The van der Waals surface area contributed by atoms with E-state index < -0.39 is 25.0 Å². The van der Waals surface area contributed by atoms with Gasteiger partial charge in [-0.05, 0) is 11.1 Å². The van der Waals surface area contributed by atoms with Crippen LogP contribution in [0, 0.1) is 0 Å². The van der Waals surface area contributed by atoms with E-state index in [0.29, 0.717) is 11.1 Å². The number of aromatic amines is 1. The van der Waals surface area contributed by atoms with Gasteiger partial charge in [0.15, 0.2) is 0 Å². The lowest BCUT2D eigenvalue weighted by molar-refractivity contribution is 0.371. The summed E-state index contributed by atoms with van der Waals surface area (Å²) in [6.07, 6.45) is 0.770. The highest BCUT2D eigenvalue weighted by molar-refractivity contribution is 7.50. The van der Waals surface area contributed by atoms with Crippen molar-refractivity contribution in [2.75, 3.05) is 0 Å². The van der Waals surface area contributed by atoms with Crippen molar-refractivity contribution < 1.29 is 14.4 Å². The maximum Gasteiger partial charge on any atom is 0.329 e. The molecule has 7 nitrogen and oxygen atoms in total. The molecule has 0 bridgehead atoms. The molecule has 2 rings (SSSR count). The molecule has 1 heterocycles. The third kappa shape index (κ3) is 4.15. The Bertz CT molecular complexity index is 823. The van der Waals surface area contributed by atoms with Crippen molar-refractivity contribution in [3.05, 3.63) is 67.4 Å². The van der Waals surface area contributed by atoms with Crippen molar-refractivity contribution in [2.24, 2.45) is 0 Å². The lowest BCUT2D eigenvalue weighted by Gasteiger charge is -2.12. The van der Waals surface area contributed by atoms with Crippen LogP contribution in [0.25, 0.3) is 0 Å². The summed E-state index contributed by atoms with van der Waals surface area (Å²) in [6.45, 7) is 0.0471. The van der Waals surface area contributed by atoms with Gasteiger partial charge in [-0.1, -0.05) is 35.9 Å². The van der Waals surface area contributed by atoms with E-state index in [1.165, 1.54) is 10.8 Å². The van der Waals surface area contributed by atoms with E-state index in [2.05, 4.69) is 4.98 Å². The number of halogens is 1. The average molecular weight is 331 g/mol. The number of hydrogen-bond donors (Lipinski definition) is 3. The zero-order chi connectivity index (χ0) is 15.6. The Morgan fingerprint density at radius 2 is 1.81 bits per heavy atom. The monoisotopic (exact) mass is 330 g/mol. The largest absolute Gasteiger partial charge is 0.329 e. The second kappa shape index (κ2) is 5.99. The van der Waals surface area contributed by atoms with Crippen molar-refractivity contribution in [2.45, 2.75) is 12.7 Å². The third-order valence-corrected chi connectivity index (χ3v) is 3.82. The topological polar surface area (TPSA) is 112 Å². The second-order valence-electron chi connectivity index (χ2n) is 4.46. The van der Waals surface area contributed by atoms with E-state index in [1.807, 2.05) is 0 Å². The first-order chi connectivity index (χ1) is 9.76. The van der Waals surface area contributed by atoms with Crippen LogP contribution < -0.4 is 11.2 Å². The molecule has 1 aromatic heterocycles. The number of hydrogen-bond acceptors (Lipinski definition) is 3. The normalized spacial score (nSPS) is 11.6. The van der Waals surface area contributed by atoms with Gasteiger partial charge in [0.05, 0.1) is 12.7 Å². The SMILES string of the molecule is O=c1[nH]c(=O)n(Cc2ccccc2CP(=O)(O)O)cc1Cl. The van der Waals surface area contributed by atoms with Gasteiger partial charge in [-0.25, -0.2) is 4.79 Å². The minimum Gasteiger partial charge on any atom is -0.324 e. The van der Waals surface area contributed by atoms with Crippen LogP contribution in [0.5, 0.6) is 0 Å². The van der Waals surface area contributed by atoms with Crippen molar-refractivity contribution in [3.8, 4) is 0 Å². The first-order valence-corrected chi connectivity index (χ1v) is 8.04. The molecular formula is C12H12ClN2O5P. The molecule has 1 aromatic carbocycles. The number of aromatic nitrogens is 2. The molecular weight excluding hydrogens is 319 g/mol. The highest BCUT2D eigenvalue weighted by atomic mass is 35.5. The van der Waals surface area contributed by atoms with Gasteiger partial charge in [-0.15, -0.1) is 0 Å². The van der Waals surface area contributed by atoms with E-state index in [-0.39, 0.29) is 11.6 Å². The number of nitrogens with one attached hydrogen (secondary N) is 1. The van der Waals surface area contributed by atoms with Crippen LogP contribution in [-0.2, 0) is 17.3 Å². The molecule has 9 heteroatoms. The molecule has 0 fully saturated rings. The smallest absolute Gasteiger partial charge is 0.324 e. The Kier molecular flexibility index (Phi) is 4.49.